The van der Waals surface area contributed by atoms with Crippen LogP contribution in [0, 0.1) is 0 Å². The van der Waals surface area contributed by atoms with Gasteiger partial charge in [-0.05, 0) is 36.6 Å². The van der Waals surface area contributed by atoms with Crippen LogP contribution in [0.2, 0.25) is 10.0 Å². The van der Waals surface area contributed by atoms with E-state index in [0.29, 0.717) is 29.4 Å². The second-order valence-electron chi connectivity index (χ2n) is 5.00. The van der Waals surface area contributed by atoms with Crippen LogP contribution in [0.5, 0.6) is 0 Å². The number of rotatable bonds is 4. The maximum atomic E-state index is 12.2. The minimum Gasteiger partial charge on any atom is -0.479 e. The fraction of sp³-hybridized carbons (Fsp3) is 0.429. The van der Waals surface area contributed by atoms with Crippen LogP contribution in [0.4, 0.5) is 0 Å². The molecule has 21 heavy (non-hydrogen) atoms. The summed E-state index contributed by atoms with van der Waals surface area (Å²) in [6.45, 7) is 0.330. The number of carbonyl (C=O) groups is 2. The summed E-state index contributed by atoms with van der Waals surface area (Å²) in [6.07, 6.45) is -0.835. The van der Waals surface area contributed by atoms with Gasteiger partial charge in [0.2, 0.25) is 0 Å². The summed E-state index contributed by atoms with van der Waals surface area (Å²) in [4.78, 5) is 24.5. The van der Waals surface area contributed by atoms with Crippen LogP contribution in [0.3, 0.4) is 0 Å². The Hall–Kier alpha value is -1.30. The molecule has 114 valence electrons. The van der Waals surface area contributed by atoms with E-state index in [-0.39, 0.29) is 5.91 Å². The van der Waals surface area contributed by atoms with E-state index < -0.39 is 18.2 Å². The third-order valence-electron chi connectivity index (χ3n) is 3.29. The fourth-order valence-electron chi connectivity index (χ4n) is 2.30. The van der Waals surface area contributed by atoms with E-state index in [1.807, 2.05) is 0 Å². The molecule has 7 heteroatoms. The molecule has 0 bridgehead atoms. The van der Waals surface area contributed by atoms with Gasteiger partial charge in [-0.15, -0.1) is 0 Å². The molecule has 0 aliphatic carbocycles. The Kier molecular flexibility index (Phi) is 5.08. The quantitative estimate of drug-likeness (QED) is 0.920. The lowest BCUT2D eigenvalue weighted by molar-refractivity contribution is -0.154. The van der Waals surface area contributed by atoms with Gasteiger partial charge in [0.05, 0.1) is 0 Å². The summed E-state index contributed by atoms with van der Waals surface area (Å²) in [5.41, 5.74) is 0.802. The highest BCUT2D eigenvalue weighted by Gasteiger charge is 2.35. The first-order chi connectivity index (χ1) is 9.86. The van der Waals surface area contributed by atoms with Crippen molar-refractivity contribution in [3.8, 4) is 0 Å². The van der Waals surface area contributed by atoms with Crippen molar-refractivity contribution >= 4 is 35.1 Å². The molecule has 0 spiro atoms. The van der Waals surface area contributed by atoms with Gasteiger partial charge in [-0.3, -0.25) is 4.79 Å². The normalized spacial score (nSPS) is 21.3. The van der Waals surface area contributed by atoms with Gasteiger partial charge in [-0.25, -0.2) is 4.79 Å². The van der Waals surface area contributed by atoms with Crippen LogP contribution in [-0.2, 0) is 20.9 Å². The molecule has 1 saturated heterocycles. The Balaban J connectivity index is 1.98. The molecule has 0 radical (unpaired) electrons. The second-order valence-corrected chi connectivity index (χ2v) is 5.87. The molecule has 2 unspecified atom stereocenters. The number of amides is 1. The number of carboxylic acid groups (broad SMARTS) is 1. The highest BCUT2D eigenvalue weighted by atomic mass is 35.5. The zero-order chi connectivity index (χ0) is 15.6. The molecule has 1 aromatic rings. The standard InChI is InChI=1S/C14H15Cl2NO4/c1-17(7-8-4-9(15)6-10(16)5-8)13(18)11-2-3-12(21-11)14(19)20/h4-6,11-12H,2-3,7H2,1H3,(H,19,20). The van der Waals surface area contributed by atoms with Crippen molar-refractivity contribution in [1.29, 1.82) is 0 Å². The number of nitrogens with zero attached hydrogens (tertiary/aromatic N) is 1. The number of carbonyl (C=O) groups excluding carboxylic acids is 1. The molecule has 1 heterocycles. The van der Waals surface area contributed by atoms with Gasteiger partial charge in [0.1, 0.15) is 6.10 Å². The summed E-state index contributed by atoms with van der Waals surface area (Å²) in [6, 6.07) is 5.07. The van der Waals surface area contributed by atoms with Gasteiger partial charge in [0.15, 0.2) is 6.10 Å². The van der Waals surface area contributed by atoms with Crippen LogP contribution in [0.25, 0.3) is 0 Å². The van der Waals surface area contributed by atoms with Crippen LogP contribution in [-0.4, -0.2) is 41.1 Å². The molecular formula is C14H15Cl2NO4. The fourth-order valence-corrected chi connectivity index (χ4v) is 2.87. The third kappa shape index (κ3) is 4.09. The van der Waals surface area contributed by atoms with Gasteiger partial charge in [0.25, 0.3) is 5.91 Å². The Labute approximate surface area is 132 Å². The lowest BCUT2D eigenvalue weighted by atomic mass is 10.1. The zero-order valence-corrected chi connectivity index (χ0v) is 12.9. The van der Waals surface area contributed by atoms with E-state index in [4.69, 9.17) is 33.0 Å². The number of carboxylic acids is 1. The topological polar surface area (TPSA) is 66.8 Å². The molecule has 0 aromatic heterocycles. The number of likely N-dealkylation sites (N-methyl/N-ethyl adjacent to an activating group) is 1. The van der Waals surface area contributed by atoms with E-state index >= 15 is 0 Å². The Morgan fingerprint density at radius 1 is 1.24 bits per heavy atom. The summed E-state index contributed by atoms with van der Waals surface area (Å²) < 4.78 is 5.25. The zero-order valence-electron chi connectivity index (χ0n) is 11.4. The summed E-state index contributed by atoms with van der Waals surface area (Å²) in [5, 5.41) is 9.87. The largest absolute Gasteiger partial charge is 0.479 e. The maximum absolute atomic E-state index is 12.2. The van der Waals surface area contributed by atoms with Crippen LogP contribution >= 0.6 is 23.2 Å². The molecule has 1 aromatic carbocycles. The highest BCUT2D eigenvalue weighted by Crippen LogP contribution is 2.23. The first-order valence-electron chi connectivity index (χ1n) is 6.45. The van der Waals surface area contributed by atoms with Crippen molar-refractivity contribution in [3.63, 3.8) is 0 Å². The number of aliphatic carboxylic acids is 1. The van der Waals surface area contributed by atoms with E-state index in [1.165, 1.54) is 4.90 Å². The van der Waals surface area contributed by atoms with Crippen molar-refractivity contribution in [1.82, 2.24) is 4.90 Å². The Morgan fingerprint density at radius 3 is 2.33 bits per heavy atom. The van der Waals surface area contributed by atoms with Crippen molar-refractivity contribution < 1.29 is 19.4 Å². The average molecular weight is 332 g/mol. The summed E-state index contributed by atoms with van der Waals surface area (Å²) in [7, 11) is 1.63. The molecule has 1 fully saturated rings. The molecule has 0 saturated carbocycles. The van der Waals surface area contributed by atoms with Gasteiger partial charge in [-0.2, -0.15) is 0 Å². The molecule has 5 nitrogen and oxygen atoms in total. The molecule has 2 rings (SSSR count). The number of ether oxygens (including phenoxy) is 1. The van der Waals surface area contributed by atoms with Gasteiger partial charge in [-0.1, -0.05) is 23.2 Å². The van der Waals surface area contributed by atoms with Gasteiger partial charge in [0, 0.05) is 23.6 Å². The molecule has 1 aliphatic rings. The predicted octanol–water partition coefficient (Wildman–Crippen LogP) is 2.58. The summed E-state index contributed by atoms with van der Waals surface area (Å²) >= 11 is 11.8. The van der Waals surface area contributed by atoms with Crippen LogP contribution < -0.4 is 0 Å². The number of benzene rings is 1. The number of hydrogen-bond donors (Lipinski definition) is 1. The smallest absolute Gasteiger partial charge is 0.332 e. The van der Waals surface area contributed by atoms with Crippen LogP contribution in [0.15, 0.2) is 18.2 Å². The molecular weight excluding hydrogens is 317 g/mol. The van der Waals surface area contributed by atoms with Crippen molar-refractivity contribution in [2.45, 2.75) is 31.6 Å². The van der Waals surface area contributed by atoms with Crippen molar-refractivity contribution in [3.05, 3.63) is 33.8 Å². The molecule has 1 N–H and O–H groups in total. The van der Waals surface area contributed by atoms with E-state index in [2.05, 4.69) is 0 Å². The van der Waals surface area contributed by atoms with Gasteiger partial charge >= 0.3 is 5.97 Å². The minimum absolute atomic E-state index is 0.241. The van der Waals surface area contributed by atoms with Crippen LogP contribution in [0.1, 0.15) is 18.4 Å². The highest BCUT2D eigenvalue weighted by molar-refractivity contribution is 6.34. The lowest BCUT2D eigenvalue weighted by Gasteiger charge is -2.21. The molecule has 1 amide bonds. The molecule has 2 atom stereocenters. The van der Waals surface area contributed by atoms with E-state index in [1.54, 1.807) is 25.2 Å². The second kappa shape index (κ2) is 6.64. The minimum atomic E-state index is -1.03. The molecule has 1 aliphatic heterocycles. The SMILES string of the molecule is CN(Cc1cc(Cl)cc(Cl)c1)C(=O)C1CCC(C(=O)O)O1. The lowest BCUT2D eigenvalue weighted by Crippen LogP contribution is -2.36. The summed E-state index contributed by atoms with van der Waals surface area (Å²) in [5.74, 6) is -1.27. The first kappa shape index (κ1) is 16.1. The van der Waals surface area contributed by atoms with E-state index in [0.717, 1.165) is 5.56 Å². The predicted molar refractivity (Wildman–Crippen MR) is 78.5 cm³/mol. The average Bonchev–Trinajstić information content (AvgIpc) is 2.86. The Morgan fingerprint density at radius 2 is 1.81 bits per heavy atom. The first-order valence-corrected chi connectivity index (χ1v) is 7.20. The Bertz CT molecular complexity index is 544. The third-order valence-corrected chi connectivity index (χ3v) is 3.73. The monoisotopic (exact) mass is 331 g/mol. The van der Waals surface area contributed by atoms with Crippen molar-refractivity contribution in [2.24, 2.45) is 0 Å². The van der Waals surface area contributed by atoms with Gasteiger partial charge < -0.3 is 14.7 Å². The number of hydrogen-bond acceptors (Lipinski definition) is 3. The van der Waals surface area contributed by atoms with E-state index in [9.17, 15) is 9.59 Å². The number of halogens is 2. The maximum Gasteiger partial charge on any atom is 0.332 e. The van der Waals surface area contributed by atoms with Crippen molar-refractivity contribution in [2.75, 3.05) is 7.05 Å².